The number of hydrogen-bond donors (Lipinski definition) is 2. The van der Waals surface area contributed by atoms with E-state index in [1.807, 2.05) is 42.2 Å². The van der Waals surface area contributed by atoms with Crippen molar-refractivity contribution in [3.63, 3.8) is 0 Å². The molecule has 4 aromatic rings. The van der Waals surface area contributed by atoms with Crippen LogP contribution in [0.2, 0.25) is 0 Å². The number of nitrogens with one attached hydrogen (secondary N) is 1. The molecule has 1 aliphatic carbocycles. The predicted molar refractivity (Wildman–Crippen MR) is 138 cm³/mol. The zero-order valence-corrected chi connectivity index (χ0v) is 20.8. The lowest BCUT2D eigenvalue weighted by Crippen LogP contribution is -2.36. The first-order valence-electron chi connectivity index (χ1n) is 12.1. The molecule has 1 saturated carbocycles. The summed E-state index contributed by atoms with van der Waals surface area (Å²) in [5, 5.41) is 17.0. The smallest absolute Gasteiger partial charge is 0.258 e. The van der Waals surface area contributed by atoms with Crippen molar-refractivity contribution in [2.75, 3.05) is 18.9 Å². The topological polar surface area (TPSA) is 109 Å². The van der Waals surface area contributed by atoms with Gasteiger partial charge in [0.2, 0.25) is 5.95 Å². The average Bonchev–Trinajstić information content (AvgIpc) is 3.59. The second-order valence-electron chi connectivity index (χ2n) is 9.60. The van der Waals surface area contributed by atoms with Crippen LogP contribution in [-0.2, 0) is 16.9 Å². The molecule has 2 fully saturated rings. The number of thiazole rings is 1. The summed E-state index contributed by atoms with van der Waals surface area (Å²) in [5.41, 5.74) is 1.39. The van der Waals surface area contributed by atoms with Crippen molar-refractivity contribution >= 4 is 29.0 Å². The van der Waals surface area contributed by atoms with Crippen molar-refractivity contribution in [2.24, 2.45) is 5.92 Å². The number of aliphatic hydroxyl groups is 1. The number of anilines is 2. The second kappa shape index (κ2) is 9.11. The average molecular weight is 502 g/mol. The molecule has 36 heavy (non-hydrogen) atoms. The highest BCUT2D eigenvalue weighted by molar-refractivity contribution is 7.13. The number of benzene rings is 1. The van der Waals surface area contributed by atoms with Gasteiger partial charge in [0.25, 0.3) is 5.91 Å². The third-order valence-corrected chi connectivity index (χ3v) is 7.98. The second-order valence-corrected chi connectivity index (χ2v) is 10.5. The summed E-state index contributed by atoms with van der Waals surface area (Å²) in [4.78, 5) is 32.3. The van der Waals surface area contributed by atoms with Crippen LogP contribution in [0.5, 0.6) is 0 Å². The van der Waals surface area contributed by atoms with Gasteiger partial charge in [-0.05, 0) is 36.5 Å². The maximum atomic E-state index is 12.5. The van der Waals surface area contributed by atoms with E-state index in [0.717, 1.165) is 28.7 Å². The van der Waals surface area contributed by atoms with Gasteiger partial charge < -0.3 is 19.9 Å². The molecule has 1 atom stereocenters. The number of rotatable bonds is 7. The Kier molecular flexibility index (Phi) is 5.77. The van der Waals surface area contributed by atoms with E-state index < -0.39 is 5.60 Å². The van der Waals surface area contributed by atoms with E-state index in [2.05, 4.69) is 24.8 Å². The molecule has 1 aromatic carbocycles. The number of amides is 1. The number of carbonyl (C=O) groups is 1. The minimum absolute atomic E-state index is 0.270. The first-order valence-corrected chi connectivity index (χ1v) is 13.0. The fourth-order valence-corrected chi connectivity index (χ4v) is 5.54. The Morgan fingerprint density at radius 3 is 2.86 bits per heavy atom. The number of hydrogen-bond acceptors (Lipinski definition) is 8. The highest BCUT2D eigenvalue weighted by Crippen LogP contribution is 2.36. The van der Waals surface area contributed by atoms with E-state index in [1.165, 1.54) is 30.6 Å². The molecule has 0 unspecified atom stereocenters. The Labute approximate surface area is 212 Å². The molecule has 0 spiro atoms. The van der Waals surface area contributed by atoms with E-state index in [4.69, 9.17) is 4.98 Å². The lowest BCUT2D eigenvalue weighted by Gasteiger charge is -2.25. The predicted octanol–water partition coefficient (Wildman–Crippen LogP) is 4.06. The number of nitrogens with zero attached hydrogens (tertiary/aromatic N) is 6. The first-order chi connectivity index (χ1) is 17.5. The molecule has 9 nitrogen and oxygen atoms in total. The summed E-state index contributed by atoms with van der Waals surface area (Å²) >= 11 is 1.49. The molecule has 2 aliphatic rings. The highest BCUT2D eigenvalue weighted by Gasteiger charge is 2.45. The van der Waals surface area contributed by atoms with Crippen LogP contribution >= 0.6 is 11.3 Å². The van der Waals surface area contributed by atoms with Crippen LogP contribution in [0, 0.1) is 5.92 Å². The van der Waals surface area contributed by atoms with Gasteiger partial charge in [0, 0.05) is 49.9 Å². The van der Waals surface area contributed by atoms with Crippen molar-refractivity contribution in [1.29, 1.82) is 0 Å². The molecular formula is C26H27N7O2S. The van der Waals surface area contributed by atoms with Gasteiger partial charge in [0.15, 0.2) is 11.4 Å². The normalized spacial score (nSPS) is 20.1. The van der Waals surface area contributed by atoms with Gasteiger partial charge in [0.1, 0.15) is 10.7 Å². The van der Waals surface area contributed by atoms with E-state index >= 15 is 0 Å². The van der Waals surface area contributed by atoms with Crippen molar-refractivity contribution in [1.82, 2.24) is 29.4 Å². The van der Waals surface area contributed by atoms with Crippen LogP contribution in [0.25, 0.3) is 22.0 Å². The fraction of sp³-hybridized carbons (Fsp3) is 0.346. The zero-order valence-electron chi connectivity index (χ0n) is 20.0. The van der Waals surface area contributed by atoms with Crippen molar-refractivity contribution in [3.8, 4) is 22.0 Å². The molecular weight excluding hydrogens is 474 g/mol. The molecule has 0 radical (unpaired) electrons. The van der Waals surface area contributed by atoms with Gasteiger partial charge in [-0.3, -0.25) is 4.79 Å². The molecule has 184 valence electrons. The third kappa shape index (κ3) is 4.27. The SMILES string of the molecule is CN1CC[C@@](O)(c2cccc(-c3nc(-c4ccnc(Nc5cn(CC6CCC6)cn5)n4)cs3)c2)C1=O. The number of likely N-dealkylation sites (tertiary alicyclic amines) is 1. The molecule has 10 heteroatoms. The maximum Gasteiger partial charge on any atom is 0.258 e. The molecule has 3 aromatic heterocycles. The summed E-state index contributed by atoms with van der Waals surface area (Å²) in [6, 6.07) is 9.26. The standard InChI is InChI=1S/C26H27N7O2S/c1-32-11-9-26(35,24(32)34)19-7-3-6-18(12-19)23-29-21(15-36-23)20-8-10-27-25(30-20)31-22-14-33(16-28-22)13-17-4-2-5-17/h3,6-8,10,12,14-17,35H,2,4-5,9,11,13H2,1H3,(H,27,30,31)/t26-/m1/s1. The van der Waals surface area contributed by atoms with Crippen LogP contribution in [0.15, 0.2) is 54.4 Å². The largest absolute Gasteiger partial charge is 0.375 e. The summed E-state index contributed by atoms with van der Waals surface area (Å²) in [6.07, 6.45) is 9.83. The van der Waals surface area contributed by atoms with E-state index in [-0.39, 0.29) is 5.91 Å². The van der Waals surface area contributed by atoms with Gasteiger partial charge in [-0.15, -0.1) is 11.3 Å². The molecule has 6 rings (SSSR count). The summed E-state index contributed by atoms with van der Waals surface area (Å²) < 4.78 is 2.12. The lowest BCUT2D eigenvalue weighted by molar-refractivity contribution is -0.143. The fourth-order valence-electron chi connectivity index (χ4n) is 4.73. The van der Waals surface area contributed by atoms with E-state index in [0.29, 0.717) is 36.0 Å². The summed E-state index contributed by atoms with van der Waals surface area (Å²) in [6.45, 7) is 1.53. The van der Waals surface area contributed by atoms with E-state index in [9.17, 15) is 9.90 Å². The molecule has 1 amide bonds. The van der Waals surface area contributed by atoms with Crippen molar-refractivity contribution in [3.05, 3.63) is 60.0 Å². The maximum absolute atomic E-state index is 12.5. The van der Waals surface area contributed by atoms with Crippen LogP contribution in [0.3, 0.4) is 0 Å². The van der Waals surface area contributed by atoms with Gasteiger partial charge in [-0.25, -0.2) is 19.9 Å². The van der Waals surface area contributed by atoms with Crippen LogP contribution in [0.4, 0.5) is 11.8 Å². The van der Waals surface area contributed by atoms with Crippen molar-refractivity contribution < 1.29 is 9.90 Å². The molecule has 1 saturated heterocycles. The molecule has 2 N–H and O–H groups in total. The zero-order chi connectivity index (χ0) is 24.7. The summed E-state index contributed by atoms with van der Waals surface area (Å²) in [5.74, 6) is 1.67. The van der Waals surface area contributed by atoms with E-state index in [1.54, 1.807) is 24.2 Å². The van der Waals surface area contributed by atoms with Crippen molar-refractivity contribution in [2.45, 2.75) is 37.8 Å². The Morgan fingerprint density at radius 2 is 2.08 bits per heavy atom. The highest BCUT2D eigenvalue weighted by atomic mass is 32.1. The Morgan fingerprint density at radius 1 is 1.19 bits per heavy atom. The van der Waals surface area contributed by atoms with Crippen LogP contribution < -0.4 is 5.32 Å². The Balaban J connectivity index is 1.20. The van der Waals surface area contributed by atoms with Gasteiger partial charge >= 0.3 is 0 Å². The van der Waals surface area contributed by atoms with Crippen LogP contribution in [0.1, 0.15) is 31.2 Å². The Bertz CT molecular complexity index is 1410. The number of carbonyl (C=O) groups excluding carboxylic acids is 1. The molecule has 4 heterocycles. The third-order valence-electron chi connectivity index (χ3n) is 7.09. The number of imidazole rings is 1. The quantitative estimate of drug-likeness (QED) is 0.393. The number of likely N-dealkylation sites (N-methyl/N-ethyl adjacent to an activating group) is 1. The summed E-state index contributed by atoms with van der Waals surface area (Å²) in [7, 11) is 1.71. The Hall–Kier alpha value is -3.63. The van der Waals surface area contributed by atoms with Gasteiger partial charge in [0.05, 0.1) is 12.0 Å². The minimum atomic E-state index is -1.48. The van der Waals surface area contributed by atoms with Gasteiger partial charge in [-0.2, -0.15) is 0 Å². The minimum Gasteiger partial charge on any atom is -0.375 e. The van der Waals surface area contributed by atoms with Gasteiger partial charge in [-0.1, -0.05) is 24.6 Å². The van der Waals surface area contributed by atoms with Crippen LogP contribution in [-0.4, -0.2) is 54.0 Å². The number of aromatic nitrogens is 5. The monoisotopic (exact) mass is 501 g/mol. The molecule has 0 bridgehead atoms. The lowest BCUT2D eigenvalue weighted by atomic mass is 9.85. The molecule has 1 aliphatic heterocycles. The first kappa shape index (κ1) is 22.8.